The number of pyridine rings is 1. The van der Waals surface area contributed by atoms with Gasteiger partial charge in [-0.1, -0.05) is 13.3 Å². The molecule has 0 saturated heterocycles. The third-order valence-corrected chi connectivity index (χ3v) is 5.99. The zero-order valence-electron chi connectivity index (χ0n) is 18.6. The van der Waals surface area contributed by atoms with Crippen LogP contribution in [0.5, 0.6) is 0 Å². The summed E-state index contributed by atoms with van der Waals surface area (Å²) >= 11 is 0. The summed E-state index contributed by atoms with van der Waals surface area (Å²) in [5.74, 6) is -0.104. The van der Waals surface area contributed by atoms with Crippen LogP contribution < -0.4 is 11.1 Å². The third-order valence-electron chi connectivity index (χ3n) is 5.99. The van der Waals surface area contributed by atoms with Gasteiger partial charge in [0.25, 0.3) is 0 Å². The molecule has 0 saturated carbocycles. The maximum atomic E-state index is 13.4. The molecule has 33 heavy (non-hydrogen) atoms. The molecule has 1 aliphatic rings. The molecule has 4 aromatic rings. The Bertz CT molecular complexity index is 1400. The van der Waals surface area contributed by atoms with Crippen LogP contribution in [0.3, 0.4) is 0 Å². The van der Waals surface area contributed by atoms with E-state index in [1.54, 1.807) is 6.92 Å². The van der Waals surface area contributed by atoms with Gasteiger partial charge in [0.1, 0.15) is 28.6 Å². The van der Waals surface area contributed by atoms with Crippen LogP contribution in [0.2, 0.25) is 0 Å². The number of carbonyl (C=O) groups is 1. The highest BCUT2D eigenvalue weighted by Crippen LogP contribution is 2.44. The first-order valence-corrected chi connectivity index (χ1v) is 10.8. The highest BCUT2D eigenvalue weighted by atomic mass is 19.1. The molecule has 168 valence electrons. The summed E-state index contributed by atoms with van der Waals surface area (Å²) < 4.78 is 15.3. The van der Waals surface area contributed by atoms with E-state index in [9.17, 15) is 9.18 Å². The van der Waals surface area contributed by atoms with E-state index in [1.807, 2.05) is 23.7 Å². The highest BCUT2D eigenvalue weighted by Gasteiger charge is 2.48. The van der Waals surface area contributed by atoms with E-state index in [4.69, 9.17) is 10.7 Å². The van der Waals surface area contributed by atoms with E-state index in [1.165, 1.54) is 12.1 Å². The minimum atomic E-state index is -1.24. The number of halogens is 1. The van der Waals surface area contributed by atoms with Crippen molar-refractivity contribution in [2.24, 2.45) is 0 Å². The van der Waals surface area contributed by atoms with Gasteiger partial charge in [0.05, 0.1) is 28.8 Å². The van der Waals surface area contributed by atoms with Crippen LogP contribution in [0.4, 0.5) is 16.0 Å². The molecule has 4 aromatic heterocycles. The first kappa shape index (κ1) is 20.9. The SMILES string of the molecule is CCCCc1nc(-c2nc(N)c3c(n2)NC(=O)C3(C)c2ccc(F)cn2)cn2cc(C)nc12. The average molecular weight is 446 g/mol. The topological polar surface area (TPSA) is 124 Å². The van der Waals surface area contributed by atoms with Gasteiger partial charge < -0.3 is 15.5 Å². The summed E-state index contributed by atoms with van der Waals surface area (Å²) in [7, 11) is 0. The van der Waals surface area contributed by atoms with Crippen molar-refractivity contribution >= 4 is 23.2 Å². The van der Waals surface area contributed by atoms with Crippen LogP contribution in [0.1, 0.15) is 49.3 Å². The van der Waals surface area contributed by atoms with Crippen LogP contribution in [0.15, 0.2) is 30.7 Å². The van der Waals surface area contributed by atoms with E-state index >= 15 is 0 Å². The predicted octanol–water partition coefficient (Wildman–Crippen LogP) is 3.21. The molecule has 0 aliphatic carbocycles. The van der Waals surface area contributed by atoms with E-state index in [2.05, 4.69) is 32.2 Å². The molecule has 5 rings (SSSR count). The number of carbonyl (C=O) groups excluding carboxylic acids is 1. The zero-order valence-corrected chi connectivity index (χ0v) is 18.6. The first-order chi connectivity index (χ1) is 15.8. The number of nitrogen functional groups attached to an aromatic ring is 1. The lowest BCUT2D eigenvalue weighted by atomic mass is 9.81. The fourth-order valence-corrected chi connectivity index (χ4v) is 4.24. The first-order valence-electron chi connectivity index (χ1n) is 10.8. The summed E-state index contributed by atoms with van der Waals surface area (Å²) in [5.41, 5.74) is 8.98. The van der Waals surface area contributed by atoms with Crippen molar-refractivity contribution in [3.05, 3.63) is 59.2 Å². The summed E-state index contributed by atoms with van der Waals surface area (Å²) in [6.45, 7) is 5.73. The van der Waals surface area contributed by atoms with Gasteiger partial charge >= 0.3 is 0 Å². The molecule has 0 spiro atoms. The molecule has 0 fully saturated rings. The van der Waals surface area contributed by atoms with Crippen molar-refractivity contribution in [2.45, 2.75) is 45.4 Å². The lowest BCUT2D eigenvalue weighted by Gasteiger charge is -2.22. The number of aromatic nitrogens is 6. The van der Waals surface area contributed by atoms with Crippen molar-refractivity contribution in [3.8, 4) is 11.5 Å². The van der Waals surface area contributed by atoms with Crippen LogP contribution in [0, 0.1) is 12.7 Å². The minimum Gasteiger partial charge on any atom is -0.383 e. The summed E-state index contributed by atoms with van der Waals surface area (Å²) in [6, 6.07) is 2.72. The molecule has 0 bridgehead atoms. The Morgan fingerprint density at radius 2 is 2.00 bits per heavy atom. The van der Waals surface area contributed by atoms with Gasteiger partial charge in [-0.15, -0.1) is 0 Å². The Kier molecular flexibility index (Phi) is 4.80. The summed E-state index contributed by atoms with van der Waals surface area (Å²) in [5, 5.41) is 2.79. The van der Waals surface area contributed by atoms with Crippen LogP contribution >= 0.6 is 0 Å². The molecule has 5 heterocycles. The second-order valence-electron chi connectivity index (χ2n) is 8.39. The molecule has 3 N–H and O–H groups in total. The monoisotopic (exact) mass is 446 g/mol. The second-order valence-corrected chi connectivity index (χ2v) is 8.39. The fraction of sp³-hybridized carbons (Fsp3) is 0.304. The number of nitrogens with zero attached hydrogens (tertiary/aromatic N) is 6. The average Bonchev–Trinajstić information content (AvgIpc) is 3.29. The van der Waals surface area contributed by atoms with Crippen LogP contribution in [0.25, 0.3) is 17.2 Å². The quantitative estimate of drug-likeness (QED) is 0.482. The number of aryl methyl sites for hydroxylation is 2. The van der Waals surface area contributed by atoms with E-state index in [0.717, 1.165) is 42.5 Å². The lowest BCUT2D eigenvalue weighted by molar-refractivity contribution is -0.119. The Morgan fingerprint density at radius 3 is 2.73 bits per heavy atom. The van der Waals surface area contributed by atoms with E-state index < -0.39 is 11.2 Å². The van der Waals surface area contributed by atoms with Gasteiger partial charge in [0, 0.05) is 12.4 Å². The standard InChI is InChI=1S/C23H23FN8O/c1-4-5-6-14-21-27-12(2)10-32(21)11-15(28-14)19-29-18(25)17-20(30-19)31-22(33)23(17,3)16-8-7-13(24)9-26-16/h7-11H,4-6H2,1-3H3,(H3,25,29,30,31,33). The van der Waals surface area contributed by atoms with Crippen molar-refractivity contribution in [2.75, 3.05) is 11.1 Å². The molecule has 1 unspecified atom stereocenters. The molecule has 10 heteroatoms. The van der Waals surface area contributed by atoms with Crippen molar-refractivity contribution < 1.29 is 9.18 Å². The maximum Gasteiger partial charge on any atom is 0.242 e. The van der Waals surface area contributed by atoms with Gasteiger partial charge in [0.15, 0.2) is 11.5 Å². The van der Waals surface area contributed by atoms with Gasteiger partial charge in [-0.3, -0.25) is 9.78 Å². The molecular formula is C23H23FN8O. The van der Waals surface area contributed by atoms with Crippen molar-refractivity contribution in [1.82, 2.24) is 29.3 Å². The Labute approximate surface area is 189 Å². The van der Waals surface area contributed by atoms with Crippen molar-refractivity contribution in [3.63, 3.8) is 0 Å². The van der Waals surface area contributed by atoms with Crippen LogP contribution in [-0.2, 0) is 16.6 Å². The second kappa shape index (κ2) is 7.58. The summed E-state index contributed by atoms with van der Waals surface area (Å²) in [6.07, 6.45) is 7.58. The number of anilines is 2. The number of amides is 1. The number of hydrogen-bond acceptors (Lipinski definition) is 7. The summed E-state index contributed by atoms with van der Waals surface area (Å²) in [4.78, 5) is 35.6. The number of unbranched alkanes of at least 4 members (excludes halogenated alkanes) is 1. The Balaban J connectivity index is 1.64. The smallest absolute Gasteiger partial charge is 0.242 e. The number of rotatable bonds is 5. The van der Waals surface area contributed by atoms with Gasteiger partial charge in [-0.2, -0.15) is 0 Å². The minimum absolute atomic E-state index is 0.140. The molecule has 0 radical (unpaired) electrons. The third kappa shape index (κ3) is 3.29. The van der Waals surface area contributed by atoms with Gasteiger partial charge in [-0.25, -0.2) is 24.3 Å². The Hall–Kier alpha value is -3.95. The van der Waals surface area contributed by atoms with Crippen LogP contribution in [-0.4, -0.2) is 35.2 Å². The number of imidazole rings is 1. The molecule has 1 atom stereocenters. The van der Waals surface area contributed by atoms with Crippen molar-refractivity contribution in [1.29, 1.82) is 0 Å². The number of nitrogens with one attached hydrogen (secondary N) is 1. The lowest BCUT2D eigenvalue weighted by Crippen LogP contribution is -2.34. The maximum absolute atomic E-state index is 13.4. The fourth-order valence-electron chi connectivity index (χ4n) is 4.24. The molecule has 0 aromatic carbocycles. The number of nitrogens with two attached hydrogens (primary N) is 1. The number of hydrogen-bond donors (Lipinski definition) is 2. The molecule has 1 amide bonds. The van der Waals surface area contributed by atoms with E-state index in [-0.39, 0.29) is 11.7 Å². The van der Waals surface area contributed by atoms with E-state index in [0.29, 0.717) is 28.6 Å². The zero-order chi connectivity index (χ0) is 23.3. The predicted molar refractivity (Wildman–Crippen MR) is 121 cm³/mol. The Morgan fingerprint density at radius 1 is 1.18 bits per heavy atom. The molecular weight excluding hydrogens is 423 g/mol. The largest absolute Gasteiger partial charge is 0.383 e. The normalized spacial score (nSPS) is 17.4. The highest BCUT2D eigenvalue weighted by molar-refractivity contribution is 6.08. The molecule has 1 aliphatic heterocycles. The molecule has 9 nitrogen and oxygen atoms in total. The van der Waals surface area contributed by atoms with Gasteiger partial charge in [-0.05, 0) is 38.8 Å². The van der Waals surface area contributed by atoms with Gasteiger partial charge in [0.2, 0.25) is 5.91 Å². The number of fused-ring (bicyclic) bond motifs is 2.